The lowest BCUT2D eigenvalue weighted by atomic mass is 9.98. The monoisotopic (exact) mass is 257 g/mol. The lowest BCUT2D eigenvalue weighted by molar-refractivity contribution is -0.384. The normalized spacial score (nSPS) is 10.2. The zero-order valence-corrected chi connectivity index (χ0v) is 10.2. The number of aryl methyl sites for hydroxylation is 1. The van der Waals surface area contributed by atoms with Crippen molar-refractivity contribution in [2.24, 2.45) is 0 Å². The second-order valence-electron chi connectivity index (χ2n) is 4.14. The van der Waals surface area contributed by atoms with E-state index in [1.807, 2.05) is 6.92 Å². The van der Waals surface area contributed by atoms with E-state index >= 15 is 0 Å². The van der Waals surface area contributed by atoms with Crippen LogP contribution in [-0.2, 0) is 0 Å². The van der Waals surface area contributed by atoms with Gasteiger partial charge in [0, 0.05) is 12.1 Å². The molecule has 0 unspecified atom stereocenters. The van der Waals surface area contributed by atoms with Crippen LogP contribution in [0, 0.1) is 17.0 Å². The predicted octanol–water partition coefficient (Wildman–Crippen LogP) is 3.27. The van der Waals surface area contributed by atoms with Gasteiger partial charge in [-0.05, 0) is 47.9 Å². The number of hydrogen-bond acceptors (Lipinski definition) is 3. The van der Waals surface area contributed by atoms with Gasteiger partial charge in [-0.15, -0.1) is 0 Å². The Labute approximate surface area is 109 Å². The molecule has 0 saturated carbocycles. The SMILES string of the molecule is Cc1ccc(C(=O)O)cc1-c1ccc([N+](=O)[O-])cc1. The lowest BCUT2D eigenvalue weighted by Crippen LogP contribution is -1.97. The van der Waals surface area contributed by atoms with Crippen LogP contribution in [0.5, 0.6) is 0 Å². The number of benzene rings is 2. The van der Waals surface area contributed by atoms with Gasteiger partial charge >= 0.3 is 5.97 Å². The number of non-ortho nitro benzene ring substituents is 1. The van der Waals surface area contributed by atoms with Crippen LogP contribution >= 0.6 is 0 Å². The Bertz CT molecular complexity index is 647. The van der Waals surface area contributed by atoms with Crippen LogP contribution in [0.2, 0.25) is 0 Å². The van der Waals surface area contributed by atoms with E-state index in [-0.39, 0.29) is 11.3 Å². The maximum Gasteiger partial charge on any atom is 0.335 e. The Hall–Kier alpha value is -2.69. The van der Waals surface area contributed by atoms with Crippen LogP contribution in [0.15, 0.2) is 42.5 Å². The first-order chi connectivity index (χ1) is 8.99. The van der Waals surface area contributed by atoms with Crippen LogP contribution < -0.4 is 0 Å². The smallest absolute Gasteiger partial charge is 0.335 e. The molecule has 5 heteroatoms. The summed E-state index contributed by atoms with van der Waals surface area (Å²) >= 11 is 0. The Morgan fingerprint density at radius 2 is 1.79 bits per heavy atom. The number of rotatable bonds is 3. The second kappa shape index (κ2) is 4.89. The van der Waals surface area contributed by atoms with E-state index in [9.17, 15) is 14.9 Å². The molecule has 0 heterocycles. The Morgan fingerprint density at radius 3 is 2.32 bits per heavy atom. The molecule has 2 aromatic rings. The number of nitrogens with zero attached hydrogens (tertiary/aromatic N) is 1. The van der Waals surface area contributed by atoms with Gasteiger partial charge in [0.1, 0.15) is 0 Å². The van der Waals surface area contributed by atoms with Gasteiger partial charge in [-0.1, -0.05) is 6.07 Å². The van der Waals surface area contributed by atoms with E-state index in [2.05, 4.69) is 0 Å². The molecule has 0 atom stereocenters. The fraction of sp³-hybridized carbons (Fsp3) is 0.0714. The third kappa shape index (κ3) is 2.60. The van der Waals surface area contributed by atoms with Gasteiger partial charge in [0.15, 0.2) is 0 Å². The predicted molar refractivity (Wildman–Crippen MR) is 70.2 cm³/mol. The van der Waals surface area contributed by atoms with Crippen LogP contribution in [-0.4, -0.2) is 16.0 Å². The fourth-order valence-corrected chi connectivity index (χ4v) is 1.83. The van der Waals surface area contributed by atoms with Crippen molar-refractivity contribution in [3.63, 3.8) is 0 Å². The Kier molecular flexibility index (Phi) is 3.29. The van der Waals surface area contributed by atoms with Gasteiger partial charge in [0.25, 0.3) is 5.69 Å². The summed E-state index contributed by atoms with van der Waals surface area (Å²) in [5.74, 6) is -0.997. The minimum atomic E-state index is -0.997. The molecule has 2 aromatic carbocycles. The summed E-state index contributed by atoms with van der Waals surface area (Å²) in [4.78, 5) is 21.1. The summed E-state index contributed by atoms with van der Waals surface area (Å²) in [5, 5.41) is 19.6. The molecule has 2 rings (SSSR count). The topological polar surface area (TPSA) is 80.4 Å². The summed E-state index contributed by atoms with van der Waals surface area (Å²) in [6.07, 6.45) is 0. The molecule has 0 fully saturated rings. The van der Waals surface area contributed by atoms with E-state index in [1.54, 1.807) is 24.3 Å². The standard InChI is InChI=1S/C14H11NO4/c1-9-2-3-11(14(16)17)8-13(9)10-4-6-12(7-5-10)15(18)19/h2-8H,1H3,(H,16,17). The molecule has 0 spiro atoms. The van der Waals surface area contributed by atoms with Gasteiger partial charge in [0.2, 0.25) is 0 Å². The van der Waals surface area contributed by atoms with Crippen molar-refractivity contribution in [3.05, 3.63) is 63.7 Å². The van der Waals surface area contributed by atoms with E-state index in [0.717, 1.165) is 16.7 Å². The Balaban J connectivity index is 2.48. The van der Waals surface area contributed by atoms with Crippen LogP contribution in [0.3, 0.4) is 0 Å². The molecular weight excluding hydrogens is 246 g/mol. The second-order valence-corrected chi connectivity index (χ2v) is 4.14. The number of carboxylic acid groups (broad SMARTS) is 1. The van der Waals surface area contributed by atoms with Crippen molar-refractivity contribution >= 4 is 11.7 Å². The van der Waals surface area contributed by atoms with Crippen molar-refractivity contribution in [1.82, 2.24) is 0 Å². The van der Waals surface area contributed by atoms with Gasteiger partial charge in [-0.3, -0.25) is 10.1 Å². The number of aromatic carboxylic acids is 1. The molecule has 19 heavy (non-hydrogen) atoms. The maximum absolute atomic E-state index is 10.9. The molecular formula is C14H11NO4. The van der Waals surface area contributed by atoms with Gasteiger partial charge in [-0.25, -0.2) is 4.79 Å². The summed E-state index contributed by atoms with van der Waals surface area (Å²) in [7, 11) is 0. The summed E-state index contributed by atoms with van der Waals surface area (Å²) in [6, 6.07) is 10.9. The molecule has 0 saturated heterocycles. The molecule has 0 aliphatic rings. The molecule has 0 aromatic heterocycles. The van der Waals surface area contributed by atoms with E-state index < -0.39 is 10.9 Å². The average molecular weight is 257 g/mol. The molecule has 0 aliphatic heterocycles. The number of nitro benzene ring substituents is 1. The first-order valence-electron chi connectivity index (χ1n) is 5.58. The zero-order valence-electron chi connectivity index (χ0n) is 10.2. The van der Waals surface area contributed by atoms with Gasteiger partial charge < -0.3 is 5.11 Å². The highest BCUT2D eigenvalue weighted by Gasteiger charge is 2.10. The lowest BCUT2D eigenvalue weighted by Gasteiger charge is -2.07. The third-order valence-electron chi connectivity index (χ3n) is 2.87. The van der Waals surface area contributed by atoms with Gasteiger partial charge in [0.05, 0.1) is 10.5 Å². The third-order valence-corrected chi connectivity index (χ3v) is 2.87. The van der Waals surface area contributed by atoms with Crippen molar-refractivity contribution < 1.29 is 14.8 Å². The van der Waals surface area contributed by atoms with Crippen LogP contribution in [0.25, 0.3) is 11.1 Å². The van der Waals surface area contributed by atoms with Crippen molar-refractivity contribution in [3.8, 4) is 11.1 Å². The molecule has 0 aliphatic carbocycles. The van der Waals surface area contributed by atoms with Crippen molar-refractivity contribution in [2.45, 2.75) is 6.92 Å². The van der Waals surface area contributed by atoms with Crippen molar-refractivity contribution in [1.29, 1.82) is 0 Å². The Morgan fingerprint density at radius 1 is 1.16 bits per heavy atom. The molecule has 1 N–H and O–H groups in total. The largest absolute Gasteiger partial charge is 0.478 e. The molecule has 5 nitrogen and oxygen atoms in total. The maximum atomic E-state index is 10.9. The highest BCUT2D eigenvalue weighted by molar-refractivity contribution is 5.90. The quantitative estimate of drug-likeness (QED) is 0.675. The van der Waals surface area contributed by atoms with E-state index in [4.69, 9.17) is 5.11 Å². The first-order valence-corrected chi connectivity index (χ1v) is 5.58. The molecule has 96 valence electrons. The first kappa shape index (κ1) is 12.8. The zero-order chi connectivity index (χ0) is 14.0. The number of carbonyl (C=O) groups is 1. The van der Waals surface area contributed by atoms with Gasteiger partial charge in [-0.2, -0.15) is 0 Å². The average Bonchev–Trinajstić information content (AvgIpc) is 2.39. The summed E-state index contributed by atoms with van der Waals surface area (Å²) in [6.45, 7) is 1.86. The minimum Gasteiger partial charge on any atom is -0.478 e. The molecule has 0 radical (unpaired) electrons. The number of hydrogen-bond donors (Lipinski definition) is 1. The molecule has 0 amide bonds. The fourth-order valence-electron chi connectivity index (χ4n) is 1.83. The minimum absolute atomic E-state index is 0.00999. The van der Waals surface area contributed by atoms with E-state index in [0.29, 0.717) is 0 Å². The van der Waals surface area contributed by atoms with E-state index in [1.165, 1.54) is 18.2 Å². The highest BCUT2D eigenvalue weighted by atomic mass is 16.6. The van der Waals surface area contributed by atoms with Crippen LogP contribution in [0.4, 0.5) is 5.69 Å². The summed E-state index contributed by atoms with van der Waals surface area (Å²) < 4.78 is 0. The molecule has 0 bridgehead atoms. The number of nitro groups is 1. The van der Waals surface area contributed by atoms with Crippen LogP contribution in [0.1, 0.15) is 15.9 Å². The number of carboxylic acids is 1. The highest BCUT2D eigenvalue weighted by Crippen LogP contribution is 2.26. The van der Waals surface area contributed by atoms with Crippen molar-refractivity contribution in [2.75, 3.05) is 0 Å². The summed E-state index contributed by atoms with van der Waals surface area (Å²) in [5.41, 5.74) is 2.63.